The van der Waals surface area contributed by atoms with Crippen LogP contribution in [0.25, 0.3) is 0 Å². The van der Waals surface area contributed by atoms with E-state index >= 15 is 0 Å². The van der Waals surface area contributed by atoms with Gasteiger partial charge in [0.25, 0.3) is 0 Å². The van der Waals surface area contributed by atoms with Crippen molar-refractivity contribution in [3.8, 4) is 0 Å². The zero-order chi connectivity index (χ0) is 10.2. The van der Waals surface area contributed by atoms with Gasteiger partial charge in [-0.15, -0.1) is 0 Å². The highest BCUT2D eigenvalue weighted by atomic mass is 32.2. The molecule has 0 spiro atoms. The summed E-state index contributed by atoms with van der Waals surface area (Å²) in [5.74, 6) is 0.530. The fourth-order valence-electron chi connectivity index (χ4n) is 1.18. The second-order valence-corrected chi connectivity index (χ2v) is 5.33. The summed E-state index contributed by atoms with van der Waals surface area (Å²) >= 11 is 0. The Kier molecular flexibility index (Phi) is 2.32. The average molecular weight is 216 g/mol. The van der Waals surface area contributed by atoms with Gasteiger partial charge in [0.1, 0.15) is 17.2 Å². The van der Waals surface area contributed by atoms with Crippen LogP contribution in [0, 0.1) is 6.92 Å². The van der Waals surface area contributed by atoms with E-state index in [0.29, 0.717) is 11.5 Å². The predicted molar refractivity (Wildman–Crippen MR) is 50.0 cm³/mol. The van der Waals surface area contributed by atoms with Crippen LogP contribution in [0.4, 0.5) is 0 Å². The maximum Gasteiger partial charge on any atom is 0.217 e. The van der Waals surface area contributed by atoms with Crippen molar-refractivity contribution in [1.82, 2.24) is 9.88 Å². The summed E-state index contributed by atoms with van der Waals surface area (Å²) in [6, 6.07) is 1.78. The summed E-state index contributed by atoms with van der Waals surface area (Å²) in [7, 11) is -3.23. The lowest BCUT2D eigenvalue weighted by molar-refractivity contribution is 0.392. The van der Waals surface area contributed by atoms with Crippen LogP contribution >= 0.6 is 0 Å². The van der Waals surface area contributed by atoms with Crippen LogP contribution in [-0.4, -0.2) is 19.6 Å². The van der Waals surface area contributed by atoms with E-state index < -0.39 is 10.0 Å². The lowest BCUT2D eigenvalue weighted by Crippen LogP contribution is -2.27. The van der Waals surface area contributed by atoms with Gasteiger partial charge in [-0.25, -0.2) is 13.1 Å². The Labute approximate surface area is 82.5 Å². The highest BCUT2D eigenvalue weighted by Crippen LogP contribution is 2.20. The summed E-state index contributed by atoms with van der Waals surface area (Å²) in [4.78, 5) is 0. The first-order valence-corrected chi connectivity index (χ1v) is 6.12. The van der Waals surface area contributed by atoms with Crippen LogP contribution < -0.4 is 4.72 Å². The molecule has 0 amide bonds. The molecular weight excluding hydrogens is 204 g/mol. The van der Waals surface area contributed by atoms with E-state index in [2.05, 4.69) is 9.88 Å². The Bertz CT molecular complexity index is 420. The Balaban J connectivity index is 2.01. The summed E-state index contributed by atoms with van der Waals surface area (Å²) in [6.45, 7) is 1.73. The van der Waals surface area contributed by atoms with Crippen molar-refractivity contribution >= 4 is 10.0 Å². The van der Waals surface area contributed by atoms with Crippen LogP contribution in [0.2, 0.25) is 0 Å². The third-order valence-electron chi connectivity index (χ3n) is 1.94. The van der Waals surface area contributed by atoms with Gasteiger partial charge in [-0.3, -0.25) is 0 Å². The smallest absolute Gasteiger partial charge is 0.217 e. The van der Waals surface area contributed by atoms with Gasteiger partial charge in [0.05, 0.1) is 0 Å². The Morgan fingerprint density at radius 1 is 1.64 bits per heavy atom. The summed E-state index contributed by atoms with van der Waals surface area (Å²) < 4.78 is 30.3. The summed E-state index contributed by atoms with van der Waals surface area (Å²) in [5, 5.41) is 3.63. The fourth-order valence-corrected chi connectivity index (χ4v) is 2.53. The molecule has 0 aromatic carbocycles. The van der Waals surface area contributed by atoms with Crippen molar-refractivity contribution in [1.29, 1.82) is 0 Å². The topological polar surface area (TPSA) is 72.2 Å². The third kappa shape index (κ3) is 2.55. The first-order chi connectivity index (χ1) is 6.55. The molecule has 6 heteroatoms. The first kappa shape index (κ1) is 9.67. The minimum absolute atomic E-state index is 0.0964. The molecule has 5 nitrogen and oxygen atoms in total. The van der Waals surface area contributed by atoms with E-state index in [9.17, 15) is 8.42 Å². The molecule has 0 aliphatic heterocycles. The van der Waals surface area contributed by atoms with Gasteiger partial charge in [0, 0.05) is 12.1 Å². The molecule has 14 heavy (non-hydrogen) atoms. The van der Waals surface area contributed by atoms with Gasteiger partial charge < -0.3 is 4.52 Å². The normalized spacial score (nSPS) is 17.2. The van der Waals surface area contributed by atoms with Crippen LogP contribution in [-0.2, 0) is 15.8 Å². The van der Waals surface area contributed by atoms with Crippen molar-refractivity contribution in [3.05, 3.63) is 17.5 Å². The molecule has 1 fully saturated rings. The molecule has 1 heterocycles. The molecule has 0 atom stereocenters. The van der Waals surface area contributed by atoms with Crippen molar-refractivity contribution in [2.75, 3.05) is 0 Å². The second kappa shape index (κ2) is 3.36. The Morgan fingerprint density at radius 3 is 2.86 bits per heavy atom. The lowest BCUT2D eigenvalue weighted by Gasteiger charge is -2.01. The maximum absolute atomic E-state index is 11.5. The Hall–Kier alpha value is -0.880. The molecule has 0 saturated heterocycles. The SMILES string of the molecule is Cc1cc(CS(=O)(=O)NC2CC2)no1. The molecule has 1 saturated carbocycles. The van der Waals surface area contributed by atoms with Crippen LogP contribution in [0.15, 0.2) is 10.6 Å². The van der Waals surface area contributed by atoms with Crippen molar-refractivity contribution in [2.24, 2.45) is 0 Å². The van der Waals surface area contributed by atoms with Gasteiger partial charge in [-0.2, -0.15) is 0 Å². The van der Waals surface area contributed by atoms with E-state index in [1.54, 1.807) is 13.0 Å². The molecule has 2 rings (SSSR count). The number of aromatic nitrogens is 1. The van der Waals surface area contributed by atoms with E-state index in [4.69, 9.17) is 4.52 Å². The zero-order valence-electron chi connectivity index (χ0n) is 7.86. The molecule has 78 valence electrons. The van der Waals surface area contributed by atoms with E-state index in [-0.39, 0.29) is 11.8 Å². The molecule has 0 radical (unpaired) electrons. The van der Waals surface area contributed by atoms with Gasteiger partial charge in [-0.1, -0.05) is 5.16 Å². The zero-order valence-corrected chi connectivity index (χ0v) is 8.67. The van der Waals surface area contributed by atoms with E-state index in [0.717, 1.165) is 12.8 Å². The monoisotopic (exact) mass is 216 g/mol. The largest absolute Gasteiger partial charge is 0.361 e. The van der Waals surface area contributed by atoms with Crippen molar-refractivity contribution in [3.63, 3.8) is 0 Å². The molecule has 0 bridgehead atoms. The van der Waals surface area contributed by atoms with E-state index in [1.165, 1.54) is 0 Å². The highest BCUT2D eigenvalue weighted by Gasteiger charge is 2.27. The van der Waals surface area contributed by atoms with Crippen molar-refractivity contribution in [2.45, 2.75) is 31.6 Å². The van der Waals surface area contributed by atoms with Gasteiger partial charge in [0.2, 0.25) is 10.0 Å². The average Bonchev–Trinajstić information content (AvgIpc) is 2.74. The lowest BCUT2D eigenvalue weighted by atomic mass is 10.4. The molecule has 1 N–H and O–H groups in total. The number of rotatable bonds is 4. The molecule has 1 aromatic heterocycles. The number of aryl methyl sites for hydroxylation is 1. The second-order valence-electron chi connectivity index (χ2n) is 3.58. The quantitative estimate of drug-likeness (QED) is 0.798. The predicted octanol–water partition coefficient (Wildman–Crippen LogP) is 0.565. The molecule has 1 aliphatic carbocycles. The van der Waals surface area contributed by atoms with Crippen LogP contribution in [0.3, 0.4) is 0 Å². The molecule has 1 aliphatic rings. The third-order valence-corrected chi connectivity index (χ3v) is 3.31. The Morgan fingerprint density at radius 2 is 2.36 bits per heavy atom. The highest BCUT2D eigenvalue weighted by molar-refractivity contribution is 7.88. The first-order valence-electron chi connectivity index (χ1n) is 4.47. The van der Waals surface area contributed by atoms with Crippen LogP contribution in [0.5, 0.6) is 0 Å². The van der Waals surface area contributed by atoms with Gasteiger partial charge >= 0.3 is 0 Å². The molecule has 0 unspecified atom stereocenters. The number of nitrogens with one attached hydrogen (secondary N) is 1. The van der Waals surface area contributed by atoms with Gasteiger partial charge in [0.15, 0.2) is 0 Å². The van der Waals surface area contributed by atoms with E-state index in [1.807, 2.05) is 0 Å². The number of hydrogen-bond acceptors (Lipinski definition) is 4. The van der Waals surface area contributed by atoms with Crippen molar-refractivity contribution < 1.29 is 12.9 Å². The fraction of sp³-hybridized carbons (Fsp3) is 0.625. The standard InChI is InChI=1S/C8H12N2O3S/c1-6-4-8(9-13-6)5-14(11,12)10-7-2-3-7/h4,7,10H,2-3,5H2,1H3. The summed E-state index contributed by atoms with van der Waals surface area (Å²) in [6.07, 6.45) is 1.88. The minimum Gasteiger partial charge on any atom is -0.361 e. The number of hydrogen-bond donors (Lipinski definition) is 1. The minimum atomic E-state index is -3.23. The van der Waals surface area contributed by atoms with Gasteiger partial charge in [-0.05, 0) is 19.8 Å². The maximum atomic E-state index is 11.5. The number of sulfonamides is 1. The molecular formula is C8H12N2O3S. The summed E-state index contributed by atoms with van der Waals surface area (Å²) in [5.41, 5.74) is 0.454. The molecule has 1 aromatic rings. The number of nitrogens with zero attached hydrogens (tertiary/aromatic N) is 1. The van der Waals surface area contributed by atoms with Crippen LogP contribution in [0.1, 0.15) is 24.3 Å².